The first-order chi connectivity index (χ1) is 31.0. The van der Waals surface area contributed by atoms with Gasteiger partial charge in [0.1, 0.15) is 13.2 Å². The monoisotopic (exact) mass is 871 g/mol. The summed E-state index contributed by atoms with van der Waals surface area (Å²) in [7, 11) is 0. The van der Waals surface area contributed by atoms with Gasteiger partial charge >= 0.3 is 17.9 Å². The summed E-state index contributed by atoms with van der Waals surface area (Å²) < 4.78 is 16.7. The van der Waals surface area contributed by atoms with E-state index in [0.29, 0.717) is 12.8 Å². The lowest BCUT2D eigenvalue weighted by molar-refractivity contribution is -0.166. The van der Waals surface area contributed by atoms with E-state index in [0.717, 1.165) is 128 Å². The minimum Gasteiger partial charge on any atom is -0.462 e. The lowest BCUT2D eigenvalue weighted by atomic mass is 10.1. The molecule has 63 heavy (non-hydrogen) atoms. The number of rotatable bonds is 43. The molecular formula is C57H90O6. The van der Waals surface area contributed by atoms with Crippen LogP contribution in [0.3, 0.4) is 0 Å². The van der Waals surface area contributed by atoms with Gasteiger partial charge < -0.3 is 14.2 Å². The van der Waals surface area contributed by atoms with Crippen LogP contribution in [0.15, 0.2) is 122 Å². The lowest BCUT2D eigenvalue weighted by Crippen LogP contribution is -2.30. The number of esters is 3. The van der Waals surface area contributed by atoms with E-state index in [1.807, 2.05) is 12.2 Å². The SMILES string of the molecule is CC/C=C\C/C=C\C/C=C\C/C=C\CCC(=O)OCC(COC(=O)CCCCCCCCC/C=C\C/C=C\C/C=C\CC)OC(=O)CCCCCCC/C=C\C/C=C\C/C=C\CC. The molecule has 0 aromatic heterocycles. The Kier molecular flexibility index (Phi) is 47.1. The first-order valence-electron chi connectivity index (χ1n) is 25.0. The summed E-state index contributed by atoms with van der Waals surface area (Å²) >= 11 is 0. The van der Waals surface area contributed by atoms with Crippen LogP contribution in [-0.2, 0) is 28.6 Å². The van der Waals surface area contributed by atoms with E-state index < -0.39 is 6.10 Å². The van der Waals surface area contributed by atoms with E-state index in [1.165, 1.54) is 25.7 Å². The van der Waals surface area contributed by atoms with Crippen LogP contribution in [0, 0.1) is 0 Å². The largest absolute Gasteiger partial charge is 0.462 e. The van der Waals surface area contributed by atoms with Crippen LogP contribution in [0.5, 0.6) is 0 Å². The Bertz CT molecular complexity index is 1370. The first-order valence-corrected chi connectivity index (χ1v) is 25.0. The molecule has 0 bridgehead atoms. The molecule has 0 rings (SSSR count). The molecule has 0 amide bonds. The van der Waals surface area contributed by atoms with E-state index in [2.05, 4.69) is 130 Å². The van der Waals surface area contributed by atoms with Crippen molar-refractivity contribution in [3.05, 3.63) is 122 Å². The predicted octanol–water partition coefficient (Wildman–Crippen LogP) is 16.5. The van der Waals surface area contributed by atoms with Crippen molar-refractivity contribution < 1.29 is 28.6 Å². The molecule has 0 aliphatic carbocycles. The van der Waals surface area contributed by atoms with E-state index >= 15 is 0 Å². The fourth-order valence-corrected chi connectivity index (χ4v) is 6.31. The molecular weight excluding hydrogens is 781 g/mol. The summed E-state index contributed by atoms with van der Waals surface area (Å²) in [6.07, 6.45) is 69.1. The minimum atomic E-state index is -0.823. The quantitative estimate of drug-likeness (QED) is 0.0263. The van der Waals surface area contributed by atoms with Gasteiger partial charge in [0.2, 0.25) is 0 Å². The van der Waals surface area contributed by atoms with Crippen molar-refractivity contribution in [1.82, 2.24) is 0 Å². The van der Waals surface area contributed by atoms with Gasteiger partial charge in [-0.3, -0.25) is 14.4 Å². The second kappa shape index (κ2) is 50.5. The molecule has 6 heteroatoms. The fraction of sp³-hybridized carbons (Fsp3) is 0.596. The second-order valence-corrected chi connectivity index (χ2v) is 15.9. The maximum Gasteiger partial charge on any atom is 0.306 e. The van der Waals surface area contributed by atoms with Crippen molar-refractivity contribution in [3.8, 4) is 0 Å². The molecule has 1 unspecified atom stereocenters. The summed E-state index contributed by atoms with van der Waals surface area (Å²) in [6.45, 7) is 6.19. The molecule has 0 N–H and O–H groups in total. The van der Waals surface area contributed by atoms with Crippen LogP contribution in [0.25, 0.3) is 0 Å². The maximum atomic E-state index is 12.8. The van der Waals surface area contributed by atoms with Crippen molar-refractivity contribution in [2.75, 3.05) is 13.2 Å². The van der Waals surface area contributed by atoms with Gasteiger partial charge in [0.05, 0.1) is 0 Å². The average Bonchev–Trinajstić information content (AvgIpc) is 3.28. The van der Waals surface area contributed by atoms with E-state index in [1.54, 1.807) is 0 Å². The number of carbonyl (C=O) groups is 3. The third kappa shape index (κ3) is 48.7. The van der Waals surface area contributed by atoms with Gasteiger partial charge in [0.15, 0.2) is 6.10 Å². The van der Waals surface area contributed by atoms with Crippen molar-refractivity contribution in [2.24, 2.45) is 0 Å². The molecule has 0 aliphatic heterocycles. The van der Waals surface area contributed by atoms with Crippen molar-refractivity contribution in [3.63, 3.8) is 0 Å². The van der Waals surface area contributed by atoms with Crippen LogP contribution in [0.1, 0.15) is 201 Å². The van der Waals surface area contributed by atoms with Crippen LogP contribution in [-0.4, -0.2) is 37.2 Å². The molecule has 0 aromatic carbocycles. The standard InChI is InChI=1S/C57H90O6/c1-4-7-10-13-16-19-22-25-27-28-30-32-35-38-41-44-47-50-56(59)62-53-54(52-61-55(58)49-46-43-40-37-34-31-24-21-18-15-12-9-6-3)63-57(60)51-48-45-42-39-36-33-29-26-23-20-17-14-11-8-5-2/h7-12,16-21,25-27,29,31,34,40,43,54H,4-6,13-15,22-24,28,30,32-33,35-39,41-42,44-53H2,1-3H3/b10-7-,11-8-,12-9-,19-16-,20-17-,21-18-,27-25-,29-26-,34-31-,43-40-. The topological polar surface area (TPSA) is 78.9 Å². The van der Waals surface area contributed by atoms with Crippen molar-refractivity contribution in [2.45, 2.75) is 207 Å². The van der Waals surface area contributed by atoms with Crippen LogP contribution in [0.4, 0.5) is 0 Å². The lowest BCUT2D eigenvalue weighted by Gasteiger charge is -2.18. The molecule has 0 radical (unpaired) electrons. The Labute approximate surface area is 386 Å². The van der Waals surface area contributed by atoms with Gasteiger partial charge in [-0.15, -0.1) is 0 Å². The summed E-state index contributed by atoms with van der Waals surface area (Å²) in [4.78, 5) is 37.9. The first kappa shape index (κ1) is 58.8. The van der Waals surface area contributed by atoms with Gasteiger partial charge in [-0.05, 0) is 109 Å². The molecule has 0 aliphatic rings. The molecule has 354 valence electrons. The third-order valence-corrected chi connectivity index (χ3v) is 9.96. The molecule has 0 spiro atoms. The minimum absolute atomic E-state index is 0.116. The van der Waals surface area contributed by atoms with Crippen molar-refractivity contribution >= 4 is 17.9 Å². The Morgan fingerprint density at radius 1 is 0.317 bits per heavy atom. The Hall–Kier alpha value is -4.19. The summed E-state index contributed by atoms with van der Waals surface area (Å²) in [5, 5.41) is 0. The normalized spacial score (nSPS) is 13.1. The fourth-order valence-electron chi connectivity index (χ4n) is 6.31. The summed E-state index contributed by atoms with van der Waals surface area (Å²) in [5.74, 6) is -1.04. The zero-order valence-electron chi connectivity index (χ0n) is 40.3. The number of hydrogen-bond donors (Lipinski definition) is 0. The predicted molar refractivity (Wildman–Crippen MR) is 269 cm³/mol. The highest BCUT2D eigenvalue weighted by molar-refractivity contribution is 5.71. The van der Waals surface area contributed by atoms with Crippen LogP contribution in [0.2, 0.25) is 0 Å². The third-order valence-electron chi connectivity index (χ3n) is 9.96. The number of allylic oxidation sites excluding steroid dienone is 20. The van der Waals surface area contributed by atoms with Crippen LogP contribution >= 0.6 is 0 Å². The number of hydrogen-bond acceptors (Lipinski definition) is 6. The second-order valence-electron chi connectivity index (χ2n) is 15.9. The molecule has 0 saturated carbocycles. The van der Waals surface area contributed by atoms with Crippen LogP contribution < -0.4 is 0 Å². The van der Waals surface area contributed by atoms with E-state index in [9.17, 15) is 14.4 Å². The van der Waals surface area contributed by atoms with E-state index in [-0.39, 0.29) is 44.0 Å². The number of unbranched alkanes of at least 4 members (excludes halogenated alkanes) is 12. The Balaban J connectivity index is 4.52. The molecule has 0 fully saturated rings. The average molecular weight is 871 g/mol. The molecule has 0 aromatic rings. The maximum absolute atomic E-state index is 12.8. The molecule has 0 heterocycles. The smallest absolute Gasteiger partial charge is 0.306 e. The van der Waals surface area contributed by atoms with Gasteiger partial charge in [-0.2, -0.15) is 0 Å². The summed E-state index contributed by atoms with van der Waals surface area (Å²) in [5.41, 5.74) is 0. The highest BCUT2D eigenvalue weighted by Gasteiger charge is 2.19. The number of ether oxygens (including phenoxy) is 3. The zero-order chi connectivity index (χ0) is 45.8. The zero-order valence-corrected chi connectivity index (χ0v) is 40.3. The number of carbonyl (C=O) groups excluding carboxylic acids is 3. The van der Waals surface area contributed by atoms with Gasteiger partial charge in [0, 0.05) is 19.3 Å². The highest BCUT2D eigenvalue weighted by Crippen LogP contribution is 2.13. The Morgan fingerprint density at radius 2 is 0.603 bits per heavy atom. The molecule has 6 nitrogen and oxygen atoms in total. The summed E-state index contributed by atoms with van der Waals surface area (Å²) in [6, 6.07) is 0. The Morgan fingerprint density at radius 3 is 0.984 bits per heavy atom. The molecule has 1 atom stereocenters. The van der Waals surface area contributed by atoms with Gasteiger partial charge in [-0.1, -0.05) is 194 Å². The molecule has 0 saturated heterocycles. The van der Waals surface area contributed by atoms with Gasteiger partial charge in [-0.25, -0.2) is 0 Å². The van der Waals surface area contributed by atoms with Gasteiger partial charge in [0.25, 0.3) is 0 Å². The van der Waals surface area contributed by atoms with Crippen molar-refractivity contribution in [1.29, 1.82) is 0 Å². The highest BCUT2D eigenvalue weighted by atomic mass is 16.6. The van der Waals surface area contributed by atoms with E-state index in [4.69, 9.17) is 14.2 Å².